The first-order valence-corrected chi connectivity index (χ1v) is 9.91. The topological polar surface area (TPSA) is 79.3 Å². The van der Waals surface area contributed by atoms with Crippen molar-refractivity contribution in [2.24, 2.45) is 5.92 Å². The van der Waals surface area contributed by atoms with Crippen molar-refractivity contribution in [3.05, 3.63) is 84.4 Å². The van der Waals surface area contributed by atoms with Gasteiger partial charge in [0.15, 0.2) is 6.10 Å². The number of imide groups is 1. The minimum absolute atomic E-state index is 0.0424. The lowest BCUT2D eigenvalue weighted by atomic mass is 9.90. The van der Waals surface area contributed by atoms with Gasteiger partial charge in [0.1, 0.15) is 17.4 Å². The van der Waals surface area contributed by atoms with E-state index in [-0.39, 0.29) is 11.7 Å². The number of ether oxygens (including phenoxy) is 1. The number of benzene rings is 3. The Hall–Kier alpha value is -3.84. The molecule has 0 radical (unpaired) electrons. The zero-order chi connectivity index (χ0) is 21.5. The summed E-state index contributed by atoms with van der Waals surface area (Å²) in [6, 6.07) is 22.1. The van der Waals surface area contributed by atoms with E-state index in [1.54, 1.807) is 60.7 Å². The summed E-state index contributed by atoms with van der Waals surface area (Å²) >= 11 is 0. The van der Waals surface area contributed by atoms with E-state index < -0.39 is 24.0 Å². The molecule has 156 valence electrons. The number of rotatable bonds is 4. The van der Waals surface area contributed by atoms with E-state index in [2.05, 4.69) is 0 Å². The average molecular weight is 416 g/mol. The molecule has 2 heterocycles. The molecule has 2 saturated heterocycles. The molecule has 3 atom stereocenters. The van der Waals surface area contributed by atoms with Crippen LogP contribution in [-0.4, -0.2) is 30.1 Å². The second kappa shape index (κ2) is 7.45. The number of nitrogens with zero attached hydrogens (tertiary/aromatic N) is 2. The van der Waals surface area contributed by atoms with Gasteiger partial charge >= 0.3 is 0 Å². The fourth-order valence-electron chi connectivity index (χ4n) is 4.25. The van der Waals surface area contributed by atoms with Gasteiger partial charge < -0.3 is 9.84 Å². The molecule has 0 aromatic heterocycles. The van der Waals surface area contributed by atoms with Crippen molar-refractivity contribution >= 4 is 23.2 Å². The van der Waals surface area contributed by atoms with Crippen molar-refractivity contribution in [3.8, 4) is 11.5 Å². The number of carbonyl (C=O) groups is 2. The third kappa shape index (κ3) is 3.02. The van der Waals surface area contributed by atoms with Gasteiger partial charge in [-0.2, -0.15) is 0 Å². The highest BCUT2D eigenvalue weighted by atomic mass is 16.7. The van der Waals surface area contributed by atoms with Crippen molar-refractivity contribution in [1.82, 2.24) is 0 Å². The summed E-state index contributed by atoms with van der Waals surface area (Å²) < 4.78 is 5.16. The molecule has 3 aromatic rings. The molecule has 7 heteroatoms. The van der Waals surface area contributed by atoms with Gasteiger partial charge in [-0.15, -0.1) is 0 Å². The van der Waals surface area contributed by atoms with Crippen LogP contribution in [0.5, 0.6) is 11.5 Å². The first-order valence-electron chi connectivity index (χ1n) is 9.91. The number of aromatic hydroxyl groups is 1. The minimum Gasteiger partial charge on any atom is -0.508 e. The maximum atomic E-state index is 13.5. The molecule has 3 aromatic carbocycles. The Morgan fingerprint density at radius 2 is 1.52 bits per heavy atom. The molecule has 2 aliphatic heterocycles. The summed E-state index contributed by atoms with van der Waals surface area (Å²) in [6.07, 6.45) is -0.987. The Morgan fingerprint density at radius 3 is 2.19 bits per heavy atom. The fraction of sp³-hybridized carbons (Fsp3) is 0.167. The van der Waals surface area contributed by atoms with Crippen LogP contribution in [0.25, 0.3) is 0 Å². The number of hydrogen-bond donors (Lipinski definition) is 1. The van der Waals surface area contributed by atoms with E-state index in [0.29, 0.717) is 22.7 Å². The fourth-order valence-corrected chi connectivity index (χ4v) is 4.25. The van der Waals surface area contributed by atoms with Gasteiger partial charge in [0.2, 0.25) is 5.91 Å². The van der Waals surface area contributed by atoms with Crippen LogP contribution in [0.1, 0.15) is 11.6 Å². The average Bonchev–Trinajstić information content (AvgIpc) is 3.31. The maximum absolute atomic E-state index is 13.5. The highest BCUT2D eigenvalue weighted by Gasteiger charge is 2.60. The van der Waals surface area contributed by atoms with Crippen LogP contribution in [0.4, 0.5) is 11.4 Å². The van der Waals surface area contributed by atoms with Gasteiger partial charge in [-0.1, -0.05) is 36.4 Å². The van der Waals surface area contributed by atoms with Crippen LogP contribution in [0.3, 0.4) is 0 Å². The molecule has 31 heavy (non-hydrogen) atoms. The summed E-state index contributed by atoms with van der Waals surface area (Å²) in [5, 5.41) is 12.1. The standard InChI is InChI=1S/C24H20N2O5/c1-30-17-13-11-15(12-14-17)25-23(28)20-21(18-9-5-6-10-19(18)27)26(31-22(20)24(25)29)16-7-3-2-4-8-16/h2-14,20-22,27H,1H3/t20-,21-,22+/m1/s1. The smallest absolute Gasteiger partial charge is 0.266 e. The summed E-state index contributed by atoms with van der Waals surface area (Å²) in [5.74, 6) is -0.934. The molecule has 0 unspecified atom stereocenters. The van der Waals surface area contributed by atoms with Crippen LogP contribution >= 0.6 is 0 Å². The van der Waals surface area contributed by atoms with Crippen LogP contribution < -0.4 is 14.7 Å². The van der Waals surface area contributed by atoms with Crippen molar-refractivity contribution in [2.75, 3.05) is 17.1 Å². The third-order valence-corrected chi connectivity index (χ3v) is 5.71. The first kappa shape index (κ1) is 19.1. The molecule has 5 rings (SSSR count). The van der Waals surface area contributed by atoms with Crippen molar-refractivity contribution < 1.29 is 24.3 Å². The molecule has 0 spiro atoms. The van der Waals surface area contributed by atoms with Gasteiger partial charge in [0, 0.05) is 5.56 Å². The molecule has 1 N–H and O–H groups in total. The van der Waals surface area contributed by atoms with Crippen molar-refractivity contribution in [3.63, 3.8) is 0 Å². The summed E-state index contributed by atoms with van der Waals surface area (Å²) in [6.45, 7) is 0. The maximum Gasteiger partial charge on any atom is 0.266 e. The molecule has 0 bridgehead atoms. The lowest BCUT2D eigenvalue weighted by Crippen LogP contribution is -2.37. The van der Waals surface area contributed by atoms with E-state index in [9.17, 15) is 14.7 Å². The Bertz CT molecular complexity index is 1130. The number of hydroxylamine groups is 1. The molecule has 7 nitrogen and oxygen atoms in total. The number of phenolic OH excluding ortho intramolecular Hbond substituents is 1. The number of hydrogen-bond acceptors (Lipinski definition) is 6. The predicted molar refractivity (Wildman–Crippen MR) is 114 cm³/mol. The molecule has 0 aliphatic carbocycles. The van der Waals surface area contributed by atoms with Crippen LogP contribution in [0.15, 0.2) is 78.9 Å². The summed E-state index contributed by atoms with van der Waals surface area (Å²) in [4.78, 5) is 34.0. The van der Waals surface area contributed by atoms with E-state index >= 15 is 0 Å². The number of fused-ring (bicyclic) bond motifs is 1. The zero-order valence-corrected chi connectivity index (χ0v) is 16.7. The largest absolute Gasteiger partial charge is 0.508 e. The number of para-hydroxylation sites is 2. The quantitative estimate of drug-likeness (QED) is 0.657. The molecule has 2 fully saturated rings. The molecule has 2 amide bonds. The van der Waals surface area contributed by atoms with Crippen LogP contribution in [0, 0.1) is 5.92 Å². The highest BCUT2D eigenvalue weighted by molar-refractivity contribution is 6.24. The SMILES string of the molecule is COc1ccc(N2C(=O)[C@H]3[C@H](ON(c4ccccc4)[C@@H]3c3ccccc3O)C2=O)cc1. The highest BCUT2D eigenvalue weighted by Crippen LogP contribution is 2.49. The van der Waals surface area contributed by atoms with Crippen LogP contribution in [-0.2, 0) is 14.4 Å². The monoisotopic (exact) mass is 416 g/mol. The number of phenols is 1. The number of anilines is 2. The van der Waals surface area contributed by atoms with Crippen molar-refractivity contribution in [2.45, 2.75) is 12.1 Å². The van der Waals surface area contributed by atoms with E-state index in [4.69, 9.17) is 9.57 Å². The van der Waals surface area contributed by atoms with Gasteiger partial charge in [-0.3, -0.25) is 14.4 Å². The Morgan fingerprint density at radius 1 is 0.839 bits per heavy atom. The Kier molecular flexibility index (Phi) is 4.60. The molecule has 2 aliphatic rings. The zero-order valence-electron chi connectivity index (χ0n) is 16.7. The Balaban J connectivity index is 1.58. The van der Waals surface area contributed by atoms with Crippen molar-refractivity contribution in [1.29, 1.82) is 0 Å². The van der Waals surface area contributed by atoms with Gasteiger partial charge in [0.05, 0.1) is 24.5 Å². The second-order valence-electron chi connectivity index (χ2n) is 7.43. The number of methoxy groups -OCH3 is 1. The summed E-state index contributed by atoms with van der Waals surface area (Å²) in [5.41, 5.74) is 1.68. The minimum atomic E-state index is -0.987. The second-order valence-corrected chi connectivity index (χ2v) is 7.43. The molecular weight excluding hydrogens is 396 g/mol. The predicted octanol–water partition coefficient (Wildman–Crippen LogP) is 3.45. The van der Waals surface area contributed by atoms with Crippen LogP contribution in [0.2, 0.25) is 0 Å². The summed E-state index contributed by atoms with van der Waals surface area (Å²) in [7, 11) is 1.55. The Labute approximate surface area is 179 Å². The van der Waals surface area contributed by atoms with Gasteiger partial charge in [0.25, 0.3) is 5.91 Å². The lowest BCUT2D eigenvalue weighted by Gasteiger charge is -2.29. The van der Waals surface area contributed by atoms with Gasteiger partial charge in [-0.25, -0.2) is 9.96 Å². The lowest BCUT2D eigenvalue weighted by molar-refractivity contribution is -0.126. The number of carbonyl (C=O) groups excluding carboxylic acids is 2. The normalized spacial score (nSPS) is 22.7. The van der Waals surface area contributed by atoms with Gasteiger partial charge in [-0.05, 0) is 42.5 Å². The van der Waals surface area contributed by atoms with E-state index in [1.807, 2.05) is 30.3 Å². The third-order valence-electron chi connectivity index (χ3n) is 5.71. The first-order chi connectivity index (χ1) is 15.1. The van der Waals surface area contributed by atoms with E-state index in [0.717, 1.165) is 4.90 Å². The number of amides is 2. The van der Waals surface area contributed by atoms with E-state index in [1.165, 1.54) is 0 Å². The molecular formula is C24H20N2O5. The molecule has 0 saturated carbocycles.